The van der Waals surface area contributed by atoms with Crippen molar-refractivity contribution in [3.05, 3.63) is 22.8 Å². The van der Waals surface area contributed by atoms with Gasteiger partial charge in [-0.2, -0.15) is 0 Å². The normalized spacial score (nSPS) is 12.9. The highest BCUT2D eigenvalue weighted by Gasteiger charge is 2.11. The molecule has 0 radical (unpaired) electrons. The summed E-state index contributed by atoms with van der Waals surface area (Å²) in [5, 5.41) is 12.3. The fourth-order valence-electron chi connectivity index (χ4n) is 1.10. The lowest BCUT2D eigenvalue weighted by Gasteiger charge is -2.20. The van der Waals surface area contributed by atoms with E-state index in [9.17, 15) is 0 Å². The number of pyridine rings is 1. The van der Waals surface area contributed by atoms with E-state index in [0.717, 1.165) is 10.4 Å². The van der Waals surface area contributed by atoms with Gasteiger partial charge in [0.15, 0.2) is 0 Å². The van der Waals surface area contributed by atoms with Gasteiger partial charge in [-0.1, -0.05) is 19.9 Å². The fourth-order valence-corrected chi connectivity index (χ4v) is 1.45. The van der Waals surface area contributed by atoms with Crippen molar-refractivity contribution in [1.29, 1.82) is 0 Å². The summed E-state index contributed by atoms with van der Waals surface area (Å²) in [6.07, 6.45) is 0. The van der Waals surface area contributed by atoms with Crippen LogP contribution in [0.3, 0.4) is 0 Å². The molecule has 1 rings (SSSR count). The molecule has 4 heteroatoms. The molecule has 1 aromatic heterocycles. The summed E-state index contributed by atoms with van der Waals surface area (Å²) >= 11 is 3.30. The maximum absolute atomic E-state index is 9.13. The summed E-state index contributed by atoms with van der Waals surface area (Å²) in [6.45, 7) is 4.24. The van der Waals surface area contributed by atoms with Gasteiger partial charge in [0.25, 0.3) is 0 Å². The Hall–Kier alpha value is -0.610. The second-order valence-electron chi connectivity index (χ2n) is 3.52. The van der Waals surface area contributed by atoms with Gasteiger partial charge < -0.3 is 10.4 Å². The molecular formula is C10H15BrN2O. The van der Waals surface area contributed by atoms with Crippen LogP contribution in [0.15, 0.2) is 22.8 Å². The largest absolute Gasteiger partial charge is 0.394 e. The third kappa shape index (κ3) is 3.27. The average Bonchev–Trinajstić information content (AvgIpc) is 2.14. The second kappa shape index (κ2) is 5.32. The van der Waals surface area contributed by atoms with Gasteiger partial charge in [-0.15, -0.1) is 0 Å². The first-order valence-corrected chi connectivity index (χ1v) is 5.42. The molecule has 0 saturated heterocycles. The highest BCUT2D eigenvalue weighted by atomic mass is 79.9. The van der Waals surface area contributed by atoms with Gasteiger partial charge >= 0.3 is 0 Å². The number of rotatable bonds is 4. The van der Waals surface area contributed by atoms with E-state index in [2.05, 4.69) is 40.1 Å². The van der Waals surface area contributed by atoms with Crippen molar-refractivity contribution < 1.29 is 5.11 Å². The number of aliphatic hydroxyl groups excluding tert-OH is 1. The number of hydrogen-bond donors (Lipinski definition) is 2. The predicted octanol–water partition coefficient (Wildman–Crippen LogP) is 2.27. The van der Waals surface area contributed by atoms with Gasteiger partial charge in [0.05, 0.1) is 12.6 Å². The third-order valence-electron chi connectivity index (χ3n) is 2.05. The Kier molecular flexibility index (Phi) is 4.35. The van der Waals surface area contributed by atoms with Crippen molar-refractivity contribution in [2.24, 2.45) is 5.92 Å². The van der Waals surface area contributed by atoms with E-state index >= 15 is 0 Å². The average molecular weight is 259 g/mol. The number of aromatic nitrogens is 1. The molecule has 1 atom stereocenters. The van der Waals surface area contributed by atoms with Gasteiger partial charge in [-0.25, -0.2) is 4.98 Å². The Morgan fingerprint density at radius 2 is 2.21 bits per heavy atom. The summed E-state index contributed by atoms with van der Waals surface area (Å²) in [5.74, 6) is 1.16. The highest BCUT2D eigenvalue weighted by Crippen LogP contribution is 2.13. The molecule has 1 aromatic rings. The van der Waals surface area contributed by atoms with E-state index in [1.165, 1.54) is 0 Å². The minimum Gasteiger partial charge on any atom is -0.394 e. The van der Waals surface area contributed by atoms with Crippen LogP contribution < -0.4 is 5.32 Å². The lowest BCUT2D eigenvalue weighted by atomic mass is 10.1. The first-order chi connectivity index (χ1) is 6.63. The van der Waals surface area contributed by atoms with Crippen LogP contribution in [0.5, 0.6) is 0 Å². The summed E-state index contributed by atoms with van der Waals surface area (Å²) in [6, 6.07) is 5.72. The summed E-state index contributed by atoms with van der Waals surface area (Å²) in [7, 11) is 0. The Morgan fingerprint density at radius 1 is 1.50 bits per heavy atom. The Morgan fingerprint density at radius 3 is 2.71 bits per heavy atom. The summed E-state index contributed by atoms with van der Waals surface area (Å²) in [4.78, 5) is 4.24. The van der Waals surface area contributed by atoms with Crippen molar-refractivity contribution in [2.75, 3.05) is 11.9 Å². The van der Waals surface area contributed by atoms with E-state index < -0.39 is 0 Å². The van der Waals surface area contributed by atoms with Crippen LogP contribution in [0.2, 0.25) is 0 Å². The second-order valence-corrected chi connectivity index (χ2v) is 4.34. The molecule has 0 bridgehead atoms. The molecule has 0 saturated carbocycles. The topological polar surface area (TPSA) is 45.1 Å². The zero-order chi connectivity index (χ0) is 10.6. The van der Waals surface area contributed by atoms with Crippen molar-refractivity contribution >= 4 is 21.7 Å². The number of aliphatic hydroxyl groups is 1. The van der Waals surface area contributed by atoms with Crippen LogP contribution in [0.4, 0.5) is 5.82 Å². The number of nitrogens with one attached hydrogen (secondary N) is 1. The van der Waals surface area contributed by atoms with Crippen molar-refractivity contribution in [1.82, 2.24) is 4.98 Å². The molecule has 0 aromatic carbocycles. The van der Waals surface area contributed by atoms with Crippen LogP contribution in [0.1, 0.15) is 13.8 Å². The van der Waals surface area contributed by atoms with Gasteiger partial charge in [0, 0.05) is 0 Å². The number of halogens is 1. The van der Waals surface area contributed by atoms with Crippen molar-refractivity contribution in [2.45, 2.75) is 19.9 Å². The van der Waals surface area contributed by atoms with Gasteiger partial charge in [-0.3, -0.25) is 0 Å². The van der Waals surface area contributed by atoms with Crippen LogP contribution in [0.25, 0.3) is 0 Å². The number of anilines is 1. The van der Waals surface area contributed by atoms with Gasteiger partial charge in [-0.05, 0) is 34.0 Å². The van der Waals surface area contributed by atoms with Gasteiger partial charge in [0.2, 0.25) is 0 Å². The van der Waals surface area contributed by atoms with Crippen LogP contribution in [0, 0.1) is 5.92 Å². The molecule has 0 fully saturated rings. The molecule has 3 nitrogen and oxygen atoms in total. The maximum atomic E-state index is 9.13. The highest BCUT2D eigenvalue weighted by molar-refractivity contribution is 9.10. The molecule has 0 amide bonds. The van der Waals surface area contributed by atoms with E-state index in [1.54, 1.807) is 0 Å². The molecule has 0 aliphatic heterocycles. The Balaban J connectivity index is 2.67. The third-order valence-corrected chi connectivity index (χ3v) is 2.49. The first-order valence-electron chi connectivity index (χ1n) is 4.63. The van der Waals surface area contributed by atoms with E-state index in [-0.39, 0.29) is 12.6 Å². The summed E-state index contributed by atoms with van der Waals surface area (Å²) < 4.78 is 0.794. The molecule has 14 heavy (non-hydrogen) atoms. The molecule has 0 spiro atoms. The van der Waals surface area contributed by atoms with Crippen molar-refractivity contribution in [3.63, 3.8) is 0 Å². The molecule has 2 N–H and O–H groups in total. The number of hydrogen-bond acceptors (Lipinski definition) is 3. The van der Waals surface area contributed by atoms with E-state index in [4.69, 9.17) is 5.11 Å². The van der Waals surface area contributed by atoms with E-state index in [0.29, 0.717) is 5.92 Å². The smallest absolute Gasteiger partial charge is 0.127 e. The standard InChI is InChI=1S/C10H15BrN2O/c1-7(2)8(6-14)12-10-5-3-4-9(11)13-10/h3-5,7-8,14H,6H2,1-2H3,(H,12,13)/t8-/m1/s1. The molecule has 78 valence electrons. The van der Waals surface area contributed by atoms with Crippen LogP contribution >= 0.6 is 15.9 Å². The summed E-state index contributed by atoms with van der Waals surface area (Å²) in [5.41, 5.74) is 0. The molecular weight excluding hydrogens is 244 g/mol. The van der Waals surface area contributed by atoms with Crippen LogP contribution in [-0.2, 0) is 0 Å². The molecule has 0 unspecified atom stereocenters. The minimum atomic E-state index is 0.0526. The SMILES string of the molecule is CC(C)[C@@H](CO)Nc1cccc(Br)n1. The Labute approximate surface area is 92.7 Å². The molecule has 1 heterocycles. The first kappa shape index (κ1) is 11.5. The van der Waals surface area contributed by atoms with Crippen LogP contribution in [-0.4, -0.2) is 22.7 Å². The minimum absolute atomic E-state index is 0.0526. The predicted molar refractivity (Wildman–Crippen MR) is 61.3 cm³/mol. The quantitative estimate of drug-likeness (QED) is 0.815. The molecule has 0 aliphatic carbocycles. The fraction of sp³-hybridized carbons (Fsp3) is 0.500. The zero-order valence-electron chi connectivity index (χ0n) is 8.37. The zero-order valence-corrected chi connectivity index (χ0v) is 9.95. The van der Waals surface area contributed by atoms with Crippen molar-refractivity contribution in [3.8, 4) is 0 Å². The van der Waals surface area contributed by atoms with Gasteiger partial charge in [0.1, 0.15) is 10.4 Å². The monoisotopic (exact) mass is 258 g/mol. The number of nitrogens with zero attached hydrogens (tertiary/aromatic N) is 1. The maximum Gasteiger partial charge on any atom is 0.127 e. The van der Waals surface area contributed by atoms with E-state index in [1.807, 2.05) is 18.2 Å². The lowest BCUT2D eigenvalue weighted by molar-refractivity contribution is 0.249. The molecule has 0 aliphatic rings. The lowest BCUT2D eigenvalue weighted by Crippen LogP contribution is -2.29. The Bertz CT molecular complexity index is 291.